The first kappa shape index (κ1) is 16.8. The van der Waals surface area contributed by atoms with Crippen LogP contribution in [0.4, 0.5) is 0 Å². The van der Waals surface area contributed by atoms with E-state index in [4.69, 9.17) is 13.9 Å². The number of ether oxygens (including phenoxy) is 2. The number of piperidine rings is 1. The van der Waals surface area contributed by atoms with Crippen molar-refractivity contribution in [3.63, 3.8) is 0 Å². The molecule has 1 atom stereocenters. The van der Waals surface area contributed by atoms with Crippen molar-refractivity contribution in [1.29, 1.82) is 0 Å². The monoisotopic (exact) mass is 342 g/mol. The highest BCUT2D eigenvalue weighted by atomic mass is 16.5. The van der Waals surface area contributed by atoms with Gasteiger partial charge >= 0.3 is 0 Å². The van der Waals surface area contributed by atoms with Crippen molar-refractivity contribution < 1.29 is 13.9 Å². The molecular weight excluding hydrogens is 316 g/mol. The Balaban J connectivity index is 1.20. The number of pyridine rings is 1. The Morgan fingerprint density at radius 3 is 2.92 bits per heavy atom. The van der Waals surface area contributed by atoms with Crippen molar-refractivity contribution in [3.05, 3.63) is 54.2 Å². The summed E-state index contributed by atoms with van der Waals surface area (Å²) in [5.74, 6) is 0. The zero-order valence-electron chi connectivity index (χ0n) is 14.6. The zero-order chi connectivity index (χ0) is 17.0. The van der Waals surface area contributed by atoms with Gasteiger partial charge in [-0.15, -0.1) is 0 Å². The maximum absolute atomic E-state index is 6.05. The second-order valence-corrected chi connectivity index (χ2v) is 7.38. The molecule has 2 aliphatic heterocycles. The van der Waals surface area contributed by atoms with Gasteiger partial charge in [-0.25, -0.2) is 0 Å². The number of likely N-dealkylation sites (tertiary alicyclic amines) is 1. The molecule has 0 bridgehead atoms. The molecule has 0 radical (unpaired) electrons. The van der Waals surface area contributed by atoms with E-state index in [1.54, 1.807) is 12.5 Å². The van der Waals surface area contributed by atoms with Crippen LogP contribution in [0.3, 0.4) is 0 Å². The molecule has 0 amide bonds. The Morgan fingerprint density at radius 1 is 1.24 bits per heavy atom. The molecule has 2 aliphatic rings. The van der Waals surface area contributed by atoms with E-state index >= 15 is 0 Å². The molecule has 5 heteroatoms. The first-order valence-corrected chi connectivity index (χ1v) is 9.14. The maximum Gasteiger partial charge on any atom is 0.0947 e. The highest BCUT2D eigenvalue weighted by Gasteiger charge is 2.42. The summed E-state index contributed by atoms with van der Waals surface area (Å²) in [4.78, 5) is 6.80. The van der Waals surface area contributed by atoms with Crippen LogP contribution in [0.25, 0.3) is 0 Å². The highest BCUT2D eigenvalue weighted by molar-refractivity contribution is 5.05. The lowest BCUT2D eigenvalue weighted by atomic mass is 9.76. The Morgan fingerprint density at radius 2 is 2.16 bits per heavy atom. The Kier molecular flexibility index (Phi) is 5.15. The van der Waals surface area contributed by atoms with Gasteiger partial charge in [0.15, 0.2) is 0 Å². The minimum Gasteiger partial charge on any atom is -0.472 e. The third-order valence-electron chi connectivity index (χ3n) is 5.47. The van der Waals surface area contributed by atoms with Crippen molar-refractivity contribution in [3.8, 4) is 0 Å². The van der Waals surface area contributed by atoms with E-state index in [0.717, 1.165) is 38.4 Å². The predicted octanol–water partition coefficient (Wildman–Crippen LogP) is 3.26. The molecule has 134 valence electrons. The lowest BCUT2D eigenvalue weighted by Crippen LogP contribution is -2.40. The summed E-state index contributed by atoms with van der Waals surface area (Å²) in [5, 5.41) is 0. The Labute approximate surface area is 148 Å². The minimum atomic E-state index is 0.226. The van der Waals surface area contributed by atoms with Crippen LogP contribution in [-0.2, 0) is 22.6 Å². The predicted molar refractivity (Wildman–Crippen MR) is 93.9 cm³/mol. The molecule has 0 aliphatic carbocycles. The van der Waals surface area contributed by atoms with Crippen molar-refractivity contribution in [2.75, 3.05) is 26.3 Å². The molecule has 2 saturated heterocycles. The molecule has 0 unspecified atom stereocenters. The third-order valence-corrected chi connectivity index (χ3v) is 5.47. The molecule has 2 aromatic rings. The summed E-state index contributed by atoms with van der Waals surface area (Å²) in [6, 6.07) is 7.96. The van der Waals surface area contributed by atoms with Crippen molar-refractivity contribution in [2.45, 2.75) is 38.5 Å². The molecule has 2 fully saturated rings. The Bertz CT molecular complexity index is 636. The SMILES string of the molecule is c1ccc(COC[C@@H]2CC3(CCN(Cc4ccoc4)CC3)CO2)nc1. The van der Waals surface area contributed by atoms with Gasteiger partial charge in [-0.05, 0) is 56.0 Å². The minimum absolute atomic E-state index is 0.226. The van der Waals surface area contributed by atoms with Crippen molar-refractivity contribution in [2.24, 2.45) is 5.41 Å². The summed E-state index contributed by atoms with van der Waals surface area (Å²) in [6.07, 6.45) is 9.16. The fraction of sp³-hybridized carbons (Fsp3) is 0.550. The van der Waals surface area contributed by atoms with Crippen LogP contribution in [0.1, 0.15) is 30.5 Å². The molecule has 4 heterocycles. The molecular formula is C20H26N2O3. The highest BCUT2D eigenvalue weighted by Crippen LogP contribution is 2.42. The van der Waals surface area contributed by atoms with Gasteiger partial charge in [-0.2, -0.15) is 0 Å². The van der Waals surface area contributed by atoms with Crippen LogP contribution in [-0.4, -0.2) is 42.3 Å². The summed E-state index contributed by atoms with van der Waals surface area (Å²) in [7, 11) is 0. The van der Waals surface area contributed by atoms with Gasteiger partial charge in [0, 0.05) is 18.3 Å². The zero-order valence-corrected chi connectivity index (χ0v) is 14.6. The van der Waals surface area contributed by atoms with E-state index in [2.05, 4.69) is 16.0 Å². The first-order valence-electron chi connectivity index (χ1n) is 9.14. The third kappa shape index (κ3) is 4.29. The van der Waals surface area contributed by atoms with Gasteiger partial charge in [0.2, 0.25) is 0 Å². The second-order valence-electron chi connectivity index (χ2n) is 7.38. The fourth-order valence-corrected chi connectivity index (χ4v) is 3.96. The van der Waals surface area contributed by atoms with Gasteiger partial charge < -0.3 is 13.9 Å². The number of aromatic nitrogens is 1. The molecule has 5 nitrogen and oxygen atoms in total. The van der Waals surface area contributed by atoms with Gasteiger partial charge in [0.25, 0.3) is 0 Å². The van der Waals surface area contributed by atoms with E-state index < -0.39 is 0 Å². The van der Waals surface area contributed by atoms with Crippen LogP contribution in [0, 0.1) is 5.41 Å². The average molecular weight is 342 g/mol. The maximum atomic E-state index is 6.05. The Hall–Kier alpha value is -1.69. The summed E-state index contributed by atoms with van der Waals surface area (Å²) < 4.78 is 17.0. The smallest absolute Gasteiger partial charge is 0.0947 e. The van der Waals surface area contributed by atoms with Crippen LogP contribution < -0.4 is 0 Å². The van der Waals surface area contributed by atoms with Crippen molar-refractivity contribution >= 4 is 0 Å². The van der Waals surface area contributed by atoms with E-state index in [0.29, 0.717) is 18.6 Å². The van der Waals surface area contributed by atoms with Gasteiger partial charge in [-0.1, -0.05) is 6.07 Å². The van der Waals surface area contributed by atoms with Gasteiger partial charge in [0.1, 0.15) is 0 Å². The topological polar surface area (TPSA) is 47.7 Å². The molecule has 4 rings (SSSR count). The molecule has 0 saturated carbocycles. The van der Waals surface area contributed by atoms with E-state index in [1.165, 1.54) is 18.4 Å². The fourth-order valence-electron chi connectivity index (χ4n) is 3.96. The molecule has 0 aromatic carbocycles. The summed E-state index contributed by atoms with van der Waals surface area (Å²) in [5.41, 5.74) is 2.59. The summed E-state index contributed by atoms with van der Waals surface area (Å²) >= 11 is 0. The standard InChI is InChI=1S/C20H26N2O3/c1-2-7-21-18(3-1)14-24-15-19-11-20(16-25-19)5-8-22(9-6-20)12-17-4-10-23-13-17/h1-4,7,10,13,19H,5-6,8-9,11-12,14-16H2/t19-/m0/s1. The second kappa shape index (κ2) is 7.68. The van der Waals surface area contributed by atoms with E-state index in [9.17, 15) is 0 Å². The van der Waals surface area contributed by atoms with Gasteiger partial charge in [-0.3, -0.25) is 9.88 Å². The first-order chi connectivity index (χ1) is 12.3. The van der Waals surface area contributed by atoms with E-state index in [-0.39, 0.29) is 6.10 Å². The lowest BCUT2D eigenvalue weighted by Gasteiger charge is -2.38. The quantitative estimate of drug-likeness (QED) is 0.806. The van der Waals surface area contributed by atoms with Crippen LogP contribution in [0.2, 0.25) is 0 Å². The molecule has 25 heavy (non-hydrogen) atoms. The number of hydrogen-bond acceptors (Lipinski definition) is 5. The number of nitrogens with zero attached hydrogens (tertiary/aromatic N) is 2. The number of hydrogen-bond donors (Lipinski definition) is 0. The average Bonchev–Trinajstić information content (AvgIpc) is 3.29. The summed E-state index contributed by atoms with van der Waals surface area (Å²) in [6.45, 7) is 5.36. The van der Waals surface area contributed by atoms with Crippen LogP contribution in [0.5, 0.6) is 0 Å². The van der Waals surface area contributed by atoms with Crippen LogP contribution >= 0.6 is 0 Å². The largest absolute Gasteiger partial charge is 0.472 e. The number of furan rings is 1. The van der Waals surface area contributed by atoms with Gasteiger partial charge in [0.05, 0.1) is 44.1 Å². The molecule has 2 aromatic heterocycles. The van der Waals surface area contributed by atoms with E-state index in [1.807, 2.05) is 24.5 Å². The lowest BCUT2D eigenvalue weighted by molar-refractivity contribution is 0.00554. The normalized spacial score (nSPS) is 23.3. The van der Waals surface area contributed by atoms with Crippen molar-refractivity contribution in [1.82, 2.24) is 9.88 Å². The molecule has 0 N–H and O–H groups in total. The van der Waals surface area contributed by atoms with Crippen LogP contribution in [0.15, 0.2) is 47.4 Å². The molecule has 1 spiro atoms. The number of rotatable bonds is 6.